The molecule has 1 aromatic heterocycles. The zero-order valence-electron chi connectivity index (χ0n) is 10.9. The number of rotatable bonds is 5. The fraction of sp³-hybridized carbons (Fsp3) is 0.667. The summed E-state index contributed by atoms with van der Waals surface area (Å²) in [7, 11) is 0. The van der Waals surface area contributed by atoms with E-state index in [0.717, 1.165) is 25.4 Å². The molecular weight excluding hydrogens is 232 g/mol. The standard InChI is InChI=1S/C12H20N4O2/c1-3-17-11-6-9(2)15-12(16-11)14-8-10-7-13-4-5-18-10/h6,10,13H,3-5,7-8H2,1-2H3,(H,14,15,16). The molecule has 18 heavy (non-hydrogen) atoms. The second-order valence-electron chi connectivity index (χ2n) is 4.18. The number of nitrogens with zero attached hydrogens (tertiary/aromatic N) is 2. The van der Waals surface area contributed by atoms with E-state index in [2.05, 4.69) is 20.6 Å². The number of nitrogens with one attached hydrogen (secondary N) is 2. The van der Waals surface area contributed by atoms with Crippen LogP contribution in [0.25, 0.3) is 0 Å². The summed E-state index contributed by atoms with van der Waals surface area (Å²) in [6, 6.07) is 1.83. The molecule has 1 atom stereocenters. The van der Waals surface area contributed by atoms with Gasteiger partial charge in [0, 0.05) is 31.4 Å². The van der Waals surface area contributed by atoms with Gasteiger partial charge in [0.15, 0.2) is 0 Å². The second-order valence-corrected chi connectivity index (χ2v) is 4.18. The first-order valence-corrected chi connectivity index (χ1v) is 6.32. The SMILES string of the molecule is CCOc1cc(C)nc(NCC2CNCCO2)n1. The molecule has 1 unspecified atom stereocenters. The van der Waals surface area contributed by atoms with E-state index in [4.69, 9.17) is 9.47 Å². The van der Waals surface area contributed by atoms with Crippen LogP contribution in [-0.4, -0.2) is 48.9 Å². The maximum Gasteiger partial charge on any atom is 0.226 e. The number of hydrogen-bond donors (Lipinski definition) is 2. The molecule has 0 spiro atoms. The summed E-state index contributed by atoms with van der Waals surface area (Å²) in [6.07, 6.45) is 0.165. The van der Waals surface area contributed by atoms with Gasteiger partial charge in [0.05, 0.1) is 19.3 Å². The van der Waals surface area contributed by atoms with Crippen molar-refractivity contribution in [2.75, 3.05) is 38.2 Å². The summed E-state index contributed by atoms with van der Waals surface area (Å²) in [6.45, 7) is 7.70. The van der Waals surface area contributed by atoms with Crippen LogP contribution in [0, 0.1) is 6.92 Å². The Kier molecular flexibility index (Phi) is 4.72. The first-order valence-electron chi connectivity index (χ1n) is 6.32. The molecule has 0 bridgehead atoms. The lowest BCUT2D eigenvalue weighted by molar-refractivity contribution is 0.0371. The Morgan fingerprint density at radius 2 is 2.44 bits per heavy atom. The third-order valence-corrected chi connectivity index (χ3v) is 2.62. The highest BCUT2D eigenvalue weighted by Crippen LogP contribution is 2.12. The van der Waals surface area contributed by atoms with Gasteiger partial charge < -0.3 is 20.1 Å². The molecule has 1 aromatic rings. The van der Waals surface area contributed by atoms with Gasteiger partial charge in [-0.25, -0.2) is 4.98 Å². The lowest BCUT2D eigenvalue weighted by atomic mass is 10.3. The van der Waals surface area contributed by atoms with E-state index in [-0.39, 0.29) is 6.10 Å². The van der Waals surface area contributed by atoms with Crippen LogP contribution in [0.15, 0.2) is 6.07 Å². The van der Waals surface area contributed by atoms with E-state index in [0.29, 0.717) is 25.0 Å². The molecule has 1 saturated heterocycles. The zero-order valence-corrected chi connectivity index (χ0v) is 10.9. The lowest BCUT2D eigenvalue weighted by Crippen LogP contribution is -2.42. The number of hydrogen-bond acceptors (Lipinski definition) is 6. The molecule has 1 aliphatic rings. The van der Waals surface area contributed by atoms with Crippen LogP contribution < -0.4 is 15.4 Å². The largest absolute Gasteiger partial charge is 0.478 e. The van der Waals surface area contributed by atoms with Crippen molar-refractivity contribution in [3.63, 3.8) is 0 Å². The predicted molar refractivity (Wildman–Crippen MR) is 69.0 cm³/mol. The van der Waals surface area contributed by atoms with E-state index in [1.165, 1.54) is 0 Å². The molecule has 100 valence electrons. The summed E-state index contributed by atoms with van der Waals surface area (Å²) >= 11 is 0. The van der Waals surface area contributed by atoms with Gasteiger partial charge in [-0.3, -0.25) is 0 Å². The first kappa shape index (κ1) is 13.0. The Bertz CT molecular complexity index is 380. The molecule has 0 aromatic carbocycles. The minimum absolute atomic E-state index is 0.165. The third kappa shape index (κ3) is 3.82. The molecule has 0 saturated carbocycles. The molecule has 6 nitrogen and oxygen atoms in total. The van der Waals surface area contributed by atoms with Gasteiger partial charge in [0.1, 0.15) is 0 Å². The highest BCUT2D eigenvalue weighted by Gasteiger charge is 2.13. The van der Waals surface area contributed by atoms with E-state index in [1.54, 1.807) is 0 Å². The lowest BCUT2D eigenvalue weighted by Gasteiger charge is -2.23. The normalized spacial score (nSPS) is 19.6. The molecule has 2 N–H and O–H groups in total. The highest BCUT2D eigenvalue weighted by atomic mass is 16.5. The number of anilines is 1. The van der Waals surface area contributed by atoms with Crippen LogP contribution in [-0.2, 0) is 4.74 Å². The first-order chi connectivity index (χ1) is 8.78. The van der Waals surface area contributed by atoms with Gasteiger partial charge in [-0.15, -0.1) is 0 Å². The minimum atomic E-state index is 0.165. The summed E-state index contributed by atoms with van der Waals surface area (Å²) in [5.41, 5.74) is 0.888. The smallest absolute Gasteiger partial charge is 0.226 e. The van der Waals surface area contributed by atoms with Crippen molar-refractivity contribution in [1.29, 1.82) is 0 Å². The molecule has 0 radical (unpaired) electrons. The van der Waals surface area contributed by atoms with Gasteiger partial charge in [0.25, 0.3) is 0 Å². The summed E-state index contributed by atoms with van der Waals surface area (Å²) in [5, 5.41) is 6.47. The maximum absolute atomic E-state index is 5.60. The Morgan fingerprint density at radius 3 is 3.17 bits per heavy atom. The van der Waals surface area contributed by atoms with Crippen LogP contribution in [0.5, 0.6) is 5.88 Å². The van der Waals surface area contributed by atoms with E-state index < -0.39 is 0 Å². The van der Waals surface area contributed by atoms with Crippen molar-refractivity contribution in [2.24, 2.45) is 0 Å². The van der Waals surface area contributed by atoms with E-state index in [9.17, 15) is 0 Å². The van der Waals surface area contributed by atoms with Crippen LogP contribution in [0.1, 0.15) is 12.6 Å². The second kappa shape index (κ2) is 6.51. The monoisotopic (exact) mass is 252 g/mol. The Hall–Kier alpha value is -1.40. The molecular formula is C12H20N4O2. The molecule has 6 heteroatoms. The molecule has 0 amide bonds. The van der Waals surface area contributed by atoms with Crippen LogP contribution in [0.3, 0.4) is 0 Å². The van der Waals surface area contributed by atoms with Gasteiger partial charge in [-0.2, -0.15) is 4.98 Å². The average molecular weight is 252 g/mol. The highest BCUT2D eigenvalue weighted by molar-refractivity contribution is 5.30. The van der Waals surface area contributed by atoms with Crippen LogP contribution >= 0.6 is 0 Å². The summed E-state index contributed by atoms with van der Waals surface area (Å²) in [5.74, 6) is 1.20. The van der Waals surface area contributed by atoms with Gasteiger partial charge in [-0.05, 0) is 13.8 Å². The topological polar surface area (TPSA) is 68.3 Å². The third-order valence-electron chi connectivity index (χ3n) is 2.62. The van der Waals surface area contributed by atoms with E-state index in [1.807, 2.05) is 19.9 Å². The molecule has 2 heterocycles. The predicted octanol–water partition coefficient (Wildman–Crippen LogP) is 0.584. The van der Waals surface area contributed by atoms with Gasteiger partial charge in [-0.1, -0.05) is 0 Å². The summed E-state index contributed by atoms with van der Waals surface area (Å²) in [4.78, 5) is 8.61. The minimum Gasteiger partial charge on any atom is -0.478 e. The quantitative estimate of drug-likeness (QED) is 0.799. The zero-order chi connectivity index (χ0) is 12.8. The maximum atomic E-state index is 5.60. The molecule has 1 fully saturated rings. The van der Waals surface area contributed by atoms with E-state index >= 15 is 0 Å². The fourth-order valence-electron chi connectivity index (χ4n) is 1.80. The van der Waals surface area contributed by atoms with Crippen molar-refractivity contribution in [2.45, 2.75) is 20.0 Å². The Labute approximate surface area is 107 Å². The van der Waals surface area contributed by atoms with Crippen molar-refractivity contribution in [1.82, 2.24) is 15.3 Å². The molecule has 2 rings (SSSR count). The Balaban J connectivity index is 1.91. The van der Waals surface area contributed by atoms with Crippen molar-refractivity contribution in [3.8, 4) is 5.88 Å². The molecule has 1 aliphatic heterocycles. The number of aromatic nitrogens is 2. The van der Waals surface area contributed by atoms with Crippen LogP contribution in [0.4, 0.5) is 5.95 Å². The van der Waals surface area contributed by atoms with Crippen molar-refractivity contribution >= 4 is 5.95 Å². The summed E-state index contributed by atoms with van der Waals surface area (Å²) < 4.78 is 11.0. The van der Waals surface area contributed by atoms with Gasteiger partial charge in [0.2, 0.25) is 11.8 Å². The molecule has 0 aliphatic carbocycles. The van der Waals surface area contributed by atoms with Gasteiger partial charge >= 0.3 is 0 Å². The number of ether oxygens (including phenoxy) is 2. The Morgan fingerprint density at radius 1 is 1.56 bits per heavy atom. The number of morpholine rings is 1. The van der Waals surface area contributed by atoms with Crippen molar-refractivity contribution < 1.29 is 9.47 Å². The number of aryl methyl sites for hydroxylation is 1. The van der Waals surface area contributed by atoms with Crippen molar-refractivity contribution in [3.05, 3.63) is 11.8 Å². The van der Waals surface area contributed by atoms with Crippen LogP contribution in [0.2, 0.25) is 0 Å². The average Bonchev–Trinajstić information content (AvgIpc) is 2.37. The fourth-order valence-corrected chi connectivity index (χ4v) is 1.80.